The Morgan fingerprint density at radius 3 is 2.65 bits per heavy atom. The number of hydrogen-bond donors (Lipinski definition) is 0. The molecule has 2 atom stereocenters. The van der Waals surface area contributed by atoms with Crippen molar-refractivity contribution < 1.29 is 14.3 Å². The van der Waals surface area contributed by atoms with Gasteiger partial charge in [0.15, 0.2) is 0 Å². The fourth-order valence-electron chi connectivity index (χ4n) is 3.29. The molecule has 0 aromatic carbocycles. The molecule has 0 bridgehead atoms. The molecule has 1 aliphatic rings. The van der Waals surface area contributed by atoms with E-state index in [1.807, 2.05) is 20.8 Å². The third kappa shape index (κ3) is 6.53. The number of carbonyl (C=O) groups excluding carboxylic acids is 1. The Bertz CT molecular complexity index is 526. The Morgan fingerprint density at radius 2 is 2.08 bits per heavy atom. The molecule has 0 aliphatic carbocycles. The minimum absolute atomic E-state index is 0.189. The fourth-order valence-corrected chi connectivity index (χ4v) is 3.29. The van der Waals surface area contributed by atoms with Crippen LogP contribution in [0.25, 0.3) is 0 Å². The van der Waals surface area contributed by atoms with Crippen molar-refractivity contribution in [2.45, 2.75) is 83.5 Å². The van der Waals surface area contributed by atoms with Gasteiger partial charge in [-0.15, -0.1) is 13.0 Å². The van der Waals surface area contributed by atoms with Gasteiger partial charge in [-0.25, -0.2) is 4.79 Å². The van der Waals surface area contributed by atoms with Gasteiger partial charge < -0.3 is 14.4 Å². The van der Waals surface area contributed by atoms with Crippen molar-refractivity contribution in [1.29, 1.82) is 0 Å². The van der Waals surface area contributed by atoms with Gasteiger partial charge in [0.05, 0.1) is 12.6 Å². The van der Waals surface area contributed by atoms with Gasteiger partial charge >= 0.3 is 6.09 Å². The van der Waals surface area contributed by atoms with Crippen LogP contribution < -0.4 is 0 Å². The molecule has 1 amide bonds. The second kappa shape index (κ2) is 10.4. The van der Waals surface area contributed by atoms with Crippen molar-refractivity contribution in [3.63, 3.8) is 0 Å². The van der Waals surface area contributed by atoms with Crippen LogP contribution in [0, 0.1) is 12.3 Å². The second-order valence-corrected chi connectivity index (χ2v) is 7.74. The molecule has 1 heterocycles. The number of terminal acetylenes is 1. The highest BCUT2D eigenvalue weighted by molar-refractivity contribution is 5.69. The predicted octanol–water partition coefficient (Wildman–Crippen LogP) is 5.10. The van der Waals surface area contributed by atoms with Gasteiger partial charge in [-0.3, -0.25) is 0 Å². The normalized spacial score (nSPS) is 20.4. The number of ether oxygens (including phenoxy) is 2. The lowest BCUT2D eigenvalue weighted by Crippen LogP contribution is -2.58. The molecule has 0 spiro atoms. The Morgan fingerprint density at radius 1 is 1.35 bits per heavy atom. The van der Waals surface area contributed by atoms with Gasteiger partial charge in [-0.1, -0.05) is 31.1 Å². The summed E-state index contributed by atoms with van der Waals surface area (Å²) in [6, 6.07) is -0.189. The summed E-state index contributed by atoms with van der Waals surface area (Å²) in [4.78, 5) is 14.6. The van der Waals surface area contributed by atoms with E-state index in [2.05, 4.69) is 31.6 Å². The van der Waals surface area contributed by atoms with E-state index in [0.29, 0.717) is 19.6 Å². The molecule has 26 heavy (non-hydrogen) atoms. The van der Waals surface area contributed by atoms with Crippen LogP contribution >= 0.6 is 0 Å². The molecule has 4 nitrogen and oxygen atoms in total. The quantitative estimate of drug-likeness (QED) is 0.446. The highest BCUT2D eigenvalue weighted by atomic mass is 16.6. The predicted molar refractivity (Wildman–Crippen MR) is 107 cm³/mol. The topological polar surface area (TPSA) is 38.8 Å². The molecule has 0 radical (unpaired) electrons. The van der Waals surface area contributed by atoms with Gasteiger partial charge in [0.1, 0.15) is 11.2 Å². The number of hydrogen-bond acceptors (Lipinski definition) is 3. The first-order valence-electron chi connectivity index (χ1n) is 9.67. The standard InChI is InChI=1S/C22H35NO3/c1-7-10-11-13-16-22(9-3,25-18-8-2)19-15-12-14-17-23(19)20(24)26-21(4,5)6/h3,8,10-11,19H,2,7,12-18H2,1,4-6H3/b11-10+. The van der Waals surface area contributed by atoms with Gasteiger partial charge in [-0.05, 0) is 59.3 Å². The number of amides is 1. The molecule has 0 saturated carbocycles. The van der Waals surface area contributed by atoms with E-state index < -0.39 is 11.2 Å². The zero-order valence-corrected chi connectivity index (χ0v) is 16.9. The molecular weight excluding hydrogens is 326 g/mol. The van der Waals surface area contributed by atoms with E-state index in [4.69, 9.17) is 15.9 Å². The minimum Gasteiger partial charge on any atom is -0.444 e. The highest BCUT2D eigenvalue weighted by Gasteiger charge is 2.45. The molecule has 0 aromatic rings. The Balaban J connectivity index is 3.08. The zero-order valence-electron chi connectivity index (χ0n) is 16.9. The van der Waals surface area contributed by atoms with Crippen molar-refractivity contribution in [3.05, 3.63) is 24.8 Å². The van der Waals surface area contributed by atoms with Crippen molar-refractivity contribution in [2.24, 2.45) is 0 Å². The van der Waals surface area contributed by atoms with Crippen LogP contribution in [0.1, 0.15) is 66.2 Å². The van der Waals surface area contributed by atoms with Gasteiger partial charge in [-0.2, -0.15) is 0 Å². The van der Waals surface area contributed by atoms with E-state index >= 15 is 0 Å². The number of carbonyl (C=O) groups is 1. The lowest BCUT2D eigenvalue weighted by Gasteiger charge is -2.45. The molecular formula is C22H35NO3. The minimum atomic E-state index is -0.830. The summed E-state index contributed by atoms with van der Waals surface area (Å²) in [7, 11) is 0. The largest absolute Gasteiger partial charge is 0.444 e. The summed E-state index contributed by atoms with van der Waals surface area (Å²) in [5.74, 6) is 2.89. The fraction of sp³-hybridized carbons (Fsp3) is 0.682. The number of rotatable bonds is 8. The van der Waals surface area contributed by atoms with E-state index in [1.165, 1.54) is 0 Å². The Kier molecular flexibility index (Phi) is 8.95. The van der Waals surface area contributed by atoms with Gasteiger partial charge in [0, 0.05) is 6.54 Å². The summed E-state index contributed by atoms with van der Waals surface area (Å²) >= 11 is 0. The third-order valence-corrected chi connectivity index (χ3v) is 4.46. The van der Waals surface area contributed by atoms with Crippen LogP contribution in [-0.4, -0.2) is 41.4 Å². The van der Waals surface area contributed by atoms with Crippen LogP contribution in [0.15, 0.2) is 24.8 Å². The molecule has 1 aliphatic heterocycles. The van der Waals surface area contributed by atoms with E-state index in [1.54, 1.807) is 11.0 Å². The van der Waals surface area contributed by atoms with Crippen LogP contribution in [0.3, 0.4) is 0 Å². The monoisotopic (exact) mass is 361 g/mol. The van der Waals surface area contributed by atoms with Crippen molar-refractivity contribution in [2.75, 3.05) is 13.2 Å². The van der Waals surface area contributed by atoms with Crippen LogP contribution in [0.4, 0.5) is 4.79 Å². The van der Waals surface area contributed by atoms with Crippen molar-refractivity contribution >= 4 is 6.09 Å². The van der Waals surface area contributed by atoms with E-state index in [-0.39, 0.29) is 12.1 Å². The average molecular weight is 362 g/mol. The molecule has 0 N–H and O–H groups in total. The lowest BCUT2D eigenvalue weighted by atomic mass is 9.83. The summed E-state index contributed by atoms with van der Waals surface area (Å²) in [6.07, 6.45) is 16.9. The van der Waals surface area contributed by atoms with E-state index in [9.17, 15) is 4.79 Å². The number of likely N-dealkylation sites (tertiary alicyclic amines) is 1. The van der Waals surface area contributed by atoms with Crippen molar-refractivity contribution in [1.82, 2.24) is 4.90 Å². The molecule has 1 fully saturated rings. The van der Waals surface area contributed by atoms with Crippen LogP contribution in [0.2, 0.25) is 0 Å². The maximum atomic E-state index is 12.8. The van der Waals surface area contributed by atoms with Crippen LogP contribution in [0.5, 0.6) is 0 Å². The Hall–Kier alpha value is -1.73. The Labute approximate surface area is 159 Å². The molecule has 146 valence electrons. The SMILES string of the molecule is C#CC(CC/C=C/CC)(OCC=C)C1CCCCN1C(=O)OC(C)(C)C. The molecule has 1 rings (SSSR count). The first kappa shape index (κ1) is 22.3. The summed E-state index contributed by atoms with van der Waals surface area (Å²) in [6.45, 7) is 12.5. The summed E-state index contributed by atoms with van der Waals surface area (Å²) < 4.78 is 11.7. The highest BCUT2D eigenvalue weighted by Crippen LogP contribution is 2.34. The third-order valence-electron chi connectivity index (χ3n) is 4.46. The summed E-state index contributed by atoms with van der Waals surface area (Å²) in [5.41, 5.74) is -1.37. The maximum absolute atomic E-state index is 12.8. The smallest absolute Gasteiger partial charge is 0.410 e. The van der Waals surface area contributed by atoms with Gasteiger partial charge in [0.2, 0.25) is 0 Å². The lowest BCUT2D eigenvalue weighted by molar-refractivity contribution is -0.0734. The number of piperidine rings is 1. The van der Waals surface area contributed by atoms with Crippen LogP contribution in [-0.2, 0) is 9.47 Å². The first-order chi connectivity index (χ1) is 12.3. The number of allylic oxidation sites excluding steroid dienone is 2. The average Bonchev–Trinajstić information content (AvgIpc) is 2.60. The first-order valence-corrected chi connectivity index (χ1v) is 9.67. The van der Waals surface area contributed by atoms with Crippen molar-refractivity contribution in [3.8, 4) is 12.3 Å². The number of nitrogens with zero attached hydrogens (tertiary/aromatic N) is 1. The second-order valence-electron chi connectivity index (χ2n) is 7.74. The van der Waals surface area contributed by atoms with Gasteiger partial charge in [0.25, 0.3) is 0 Å². The molecule has 2 unspecified atom stereocenters. The molecule has 0 aromatic heterocycles. The zero-order chi connectivity index (χ0) is 19.6. The molecule has 4 heteroatoms. The summed E-state index contributed by atoms with van der Waals surface area (Å²) in [5, 5.41) is 0. The van der Waals surface area contributed by atoms with E-state index in [0.717, 1.165) is 32.1 Å². The maximum Gasteiger partial charge on any atom is 0.410 e. The molecule has 1 saturated heterocycles.